The van der Waals surface area contributed by atoms with Crippen LogP contribution in [0.5, 0.6) is 5.75 Å². The van der Waals surface area contributed by atoms with Crippen LogP contribution in [0.4, 0.5) is 0 Å². The number of hydrogen-bond donors (Lipinski definition) is 1. The van der Waals surface area contributed by atoms with Crippen molar-refractivity contribution in [1.82, 2.24) is 5.32 Å². The molecule has 0 fully saturated rings. The Bertz CT molecular complexity index is 599. The van der Waals surface area contributed by atoms with Gasteiger partial charge in [0.2, 0.25) is 0 Å². The Morgan fingerprint density at radius 2 is 1.95 bits per heavy atom. The first-order valence-electron chi connectivity index (χ1n) is 6.59. The van der Waals surface area contributed by atoms with Crippen molar-refractivity contribution in [3.8, 4) is 11.8 Å². The maximum atomic E-state index is 8.88. The Morgan fingerprint density at radius 1 is 1.20 bits per heavy atom. The lowest BCUT2D eigenvalue weighted by atomic mass is 10.1. The highest BCUT2D eigenvalue weighted by Crippen LogP contribution is 2.17. The first-order chi connectivity index (χ1) is 9.72. The third-order valence-corrected chi connectivity index (χ3v) is 3.28. The maximum Gasteiger partial charge on any atom is 0.118 e. The van der Waals surface area contributed by atoms with Gasteiger partial charge in [0, 0.05) is 12.6 Å². The summed E-state index contributed by atoms with van der Waals surface area (Å²) in [6, 6.07) is 18.1. The summed E-state index contributed by atoms with van der Waals surface area (Å²) in [5.41, 5.74) is 3.02. The van der Waals surface area contributed by atoms with Gasteiger partial charge in [-0.2, -0.15) is 5.26 Å². The molecule has 0 radical (unpaired) electrons. The molecule has 0 saturated carbocycles. The van der Waals surface area contributed by atoms with Gasteiger partial charge >= 0.3 is 0 Å². The largest absolute Gasteiger partial charge is 0.497 e. The number of benzene rings is 2. The van der Waals surface area contributed by atoms with Crippen LogP contribution in [-0.2, 0) is 6.54 Å². The summed E-state index contributed by atoms with van der Waals surface area (Å²) in [5.74, 6) is 0.864. The van der Waals surface area contributed by atoms with Crippen LogP contribution in [0.2, 0.25) is 0 Å². The molecule has 102 valence electrons. The zero-order valence-corrected chi connectivity index (χ0v) is 11.8. The average Bonchev–Trinajstić information content (AvgIpc) is 2.53. The molecule has 0 saturated heterocycles. The summed E-state index contributed by atoms with van der Waals surface area (Å²) in [7, 11) is 1.67. The van der Waals surface area contributed by atoms with Crippen molar-refractivity contribution in [2.45, 2.75) is 19.5 Å². The normalized spacial score (nSPS) is 11.7. The van der Waals surface area contributed by atoms with E-state index in [9.17, 15) is 0 Å². The molecule has 1 unspecified atom stereocenters. The molecule has 2 aromatic carbocycles. The fraction of sp³-hybridized carbons (Fsp3) is 0.235. The molecular weight excluding hydrogens is 248 g/mol. The predicted octanol–water partition coefficient (Wildman–Crippen LogP) is 3.42. The van der Waals surface area contributed by atoms with E-state index in [0.717, 1.165) is 17.9 Å². The van der Waals surface area contributed by atoms with Crippen LogP contribution in [0, 0.1) is 11.3 Å². The van der Waals surface area contributed by atoms with Gasteiger partial charge in [-0.1, -0.05) is 24.3 Å². The highest BCUT2D eigenvalue weighted by Gasteiger charge is 2.05. The van der Waals surface area contributed by atoms with Crippen LogP contribution in [-0.4, -0.2) is 7.11 Å². The smallest absolute Gasteiger partial charge is 0.118 e. The van der Waals surface area contributed by atoms with Crippen molar-refractivity contribution in [2.24, 2.45) is 0 Å². The Kier molecular flexibility index (Phi) is 4.75. The molecule has 1 atom stereocenters. The van der Waals surface area contributed by atoms with Crippen LogP contribution >= 0.6 is 0 Å². The van der Waals surface area contributed by atoms with Crippen molar-refractivity contribution < 1.29 is 4.74 Å². The first kappa shape index (κ1) is 14.1. The van der Waals surface area contributed by atoms with Gasteiger partial charge < -0.3 is 10.1 Å². The summed E-state index contributed by atoms with van der Waals surface area (Å²) >= 11 is 0. The lowest BCUT2D eigenvalue weighted by Crippen LogP contribution is -2.18. The summed E-state index contributed by atoms with van der Waals surface area (Å²) in [6.45, 7) is 2.86. The highest BCUT2D eigenvalue weighted by atomic mass is 16.5. The first-order valence-corrected chi connectivity index (χ1v) is 6.59. The minimum Gasteiger partial charge on any atom is -0.497 e. The molecule has 20 heavy (non-hydrogen) atoms. The maximum absolute atomic E-state index is 8.88. The van der Waals surface area contributed by atoms with E-state index in [2.05, 4.69) is 30.4 Å². The second kappa shape index (κ2) is 6.74. The number of ether oxygens (including phenoxy) is 1. The van der Waals surface area contributed by atoms with E-state index in [1.165, 1.54) is 5.56 Å². The molecular formula is C17H18N2O. The fourth-order valence-electron chi connectivity index (χ4n) is 2.03. The molecule has 2 aromatic rings. The van der Waals surface area contributed by atoms with Gasteiger partial charge in [0.05, 0.1) is 18.7 Å². The van der Waals surface area contributed by atoms with Crippen LogP contribution in [0.3, 0.4) is 0 Å². The molecule has 2 rings (SSSR count). The van der Waals surface area contributed by atoms with Gasteiger partial charge in [-0.05, 0) is 42.3 Å². The van der Waals surface area contributed by atoms with Crippen molar-refractivity contribution >= 4 is 0 Å². The van der Waals surface area contributed by atoms with Gasteiger partial charge in [0.25, 0.3) is 0 Å². The SMILES string of the molecule is COc1ccc(C(C)NCc2cccc(C#N)c2)cc1. The van der Waals surface area contributed by atoms with E-state index in [-0.39, 0.29) is 6.04 Å². The Morgan fingerprint density at radius 3 is 2.60 bits per heavy atom. The zero-order valence-electron chi connectivity index (χ0n) is 11.8. The molecule has 3 nitrogen and oxygen atoms in total. The second-order valence-electron chi connectivity index (χ2n) is 4.69. The van der Waals surface area contributed by atoms with E-state index < -0.39 is 0 Å². The molecule has 0 spiro atoms. The molecule has 0 aliphatic carbocycles. The van der Waals surface area contributed by atoms with E-state index in [0.29, 0.717) is 5.56 Å². The van der Waals surface area contributed by atoms with Crippen LogP contribution in [0.15, 0.2) is 48.5 Å². The van der Waals surface area contributed by atoms with Gasteiger partial charge in [-0.15, -0.1) is 0 Å². The highest BCUT2D eigenvalue weighted by molar-refractivity contribution is 5.33. The minimum atomic E-state index is 0.242. The van der Waals surface area contributed by atoms with Gasteiger partial charge in [0.1, 0.15) is 5.75 Å². The molecule has 0 aromatic heterocycles. The van der Waals surface area contributed by atoms with Crippen LogP contribution in [0.25, 0.3) is 0 Å². The third kappa shape index (κ3) is 3.59. The molecule has 3 heteroatoms. The van der Waals surface area contributed by atoms with Crippen LogP contribution < -0.4 is 10.1 Å². The van der Waals surface area contributed by atoms with E-state index in [1.54, 1.807) is 7.11 Å². The number of methoxy groups -OCH3 is 1. The monoisotopic (exact) mass is 266 g/mol. The number of rotatable bonds is 5. The molecule has 0 heterocycles. The van der Waals surface area contributed by atoms with Gasteiger partial charge in [-0.3, -0.25) is 0 Å². The summed E-state index contributed by atoms with van der Waals surface area (Å²) < 4.78 is 5.15. The lowest BCUT2D eigenvalue weighted by Gasteiger charge is -2.15. The number of hydrogen-bond acceptors (Lipinski definition) is 3. The topological polar surface area (TPSA) is 45.0 Å². The predicted molar refractivity (Wildman–Crippen MR) is 79.4 cm³/mol. The summed E-state index contributed by atoms with van der Waals surface area (Å²) in [4.78, 5) is 0. The quantitative estimate of drug-likeness (QED) is 0.902. The summed E-state index contributed by atoms with van der Waals surface area (Å²) in [6.07, 6.45) is 0. The van der Waals surface area contributed by atoms with Crippen LogP contribution in [0.1, 0.15) is 29.7 Å². The molecule has 0 bridgehead atoms. The third-order valence-electron chi connectivity index (χ3n) is 3.28. The average molecular weight is 266 g/mol. The molecule has 0 amide bonds. The molecule has 0 aliphatic heterocycles. The molecule has 1 N–H and O–H groups in total. The minimum absolute atomic E-state index is 0.242. The Balaban J connectivity index is 1.97. The molecule has 0 aliphatic rings. The number of nitrogens with one attached hydrogen (secondary N) is 1. The Labute approximate surface area is 119 Å². The standard InChI is InChI=1S/C17H18N2O/c1-13(16-6-8-17(20-2)9-7-16)19-12-15-5-3-4-14(10-15)11-18/h3-10,13,19H,12H2,1-2H3. The van der Waals surface area contributed by atoms with Crippen molar-refractivity contribution in [1.29, 1.82) is 5.26 Å². The lowest BCUT2D eigenvalue weighted by molar-refractivity contribution is 0.414. The van der Waals surface area contributed by atoms with E-state index in [1.807, 2.05) is 36.4 Å². The van der Waals surface area contributed by atoms with Gasteiger partial charge in [-0.25, -0.2) is 0 Å². The number of nitriles is 1. The zero-order chi connectivity index (χ0) is 14.4. The van der Waals surface area contributed by atoms with E-state index in [4.69, 9.17) is 10.00 Å². The Hall–Kier alpha value is -2.31. The number of nitrogens with zero attached hydrogens (tertiary/aromatic N) is 1. The van der Waals surface area contributed by atoms with Gasteiger partial charge in [0.15, 0.2) is 0 Å². The van der Waals surface area contributed by atoms with E-state index >= 15 is 0 Å². The van der Waals surface area contributed by atoms with Crippen molar-refractivity contribution in [3.63, 3.8) is 0 Å². The fourth-order valence-corrected chi connectivity index (χ4v) is 2.03. The summed E-state index contributed by atoms with van der Waals surface area (Å²) in [5, 5.41) is 12.3. The second-order valence-corrected chi connectivity index (χ2v) is 4.69. The van der Waals surface area contributed by atoms with Crippen molar-refractivity contribution in [3.05, 3.63) is 65.2 Å². The van der Waals surface area contributed by atoms with Crippen molar-refractivity contribution in [2.75, 3.05) is 7.11 Å².